The largest absolute Gasteiger partial charge is 0.299 e. The van der Waals surface area contributed by atoms with Crippen LogP contribution in [0.15, 0.2) is 0 Å². The first kappa shape index (κ1) is 16.3. The average Bonchev–Trinajstić information content (AvgIpc) is 2.95. The van der Waals surface area contributed by atoms with Gasteiger partial charge in [-0.05, 0) is 13.5 Å². The fourth-order valence-corrected chi connectivity index (χ4v) is 4.72. The van der Waals surface area contributed by atoms with Gasteiger partial charge < -0.3 is 0 Å². The molecule has 7 nitrogen and oxygen atoms in total. The Morgan fingerprint density at radius 3 is 2.71 bits per heavy atom. The third-order valence-corrected chi connectivity index (χ3v) is 6.30. The van der Waals surface area contributed by atoms with Gasteiger partial charge in [-0.1, -0.05) is 25.2 Å². The van der Waals surface area contributed by atoms with E-state index in [1.807, 2.05) is 13.8 Å². The van der Waals surface area contributed by atoms with Crippen LogP contribution in [0, 0.1) is 0 Å². The molecular formula is C12H20N4O3S2. The van der Waals surface area contributed by atoms with Gasteiger partial charge in [0.1, 0.15) is 5.01 Å². The summed E-state index contributed by atoms with van der Waals surface area (Å²) in [7, 11) is -1.17. The van der Waals surface area contributed by atoms with Crippen LogP contribution in [0.25, 0.3) is 0 Å². The van der Waals surface area contributed by atoms with Crippen molar-refractivity contribution in [1.29, 1.82) is 0 Å². The molecular weight excluding hydrogens is 312 g/mol. The third-order valence-electron chi connectivity index (χ3n) is 3.41. The molecule has 9 heteroatoms. The molecule has 1 saturated heterocycles. The van der Waals surface area contributed by atoms with E-state index in [9.17, 15) is 13.2 Å². The van der Waals surface area contributed by atoms with Gasteiger partial charge in [0.05, 0.1) is 18.1 Å². The van der Waals surface area contributed by atoms with Gasteiger partial charge in [-0.3, -0.25) is 15.0 Å². The van der Waals surface area contributed by atoms with Gasteiger partial charge in [-0.25, -0.2) is 8.42 Å². The van der Waals surface area contributed by atoms with E-state index in [1.54, 1.807) is 11.9 Å². The van der Waals surface area contributed by atoms with Crippen molar-refractivity contribution in [2.45, 2.75) is 32.2 Å². The second kappa shape index (κ2) is 6.37. The summed E-state index contributed by atoms with van der Waals surface area (Å²) in [6, 6.07) is -0.0820. The SMILES string of the molecule is CC(C)c1nnc(NC(=O)CN(C)C2CCS(=O)(=O)C2)s1. The zero-order valence-corrected chi connectivity index (χ0v) is 14.0. The molecule has 21 heavy (non-hydrogen) atoms. The molecule has 118 valence electrons. The second-order valence-corrected chi connectivity index (χ2v) is 8.86. The Morgan fingerprint density at radius 1 is 1.48 bits per heavy atom. The van der Waals surface area contributed by atoms with Crippen molar-refractivity contribution in [2.75, 3.05) is 30.4 Å². The maximum Gasteiger partial charge on any atom is 0.240 e. The van der Waals surface area contributed by atoms with Gasteiger partial charge >= 0.3 is 0 Å². The summed E-state index contributed by atoms with van der Waals surface area (Å²) in [6.45, 7) is 4.18. The Morgan fingerprint density at radius 2 is 2.19 bits per heavy atom. The van der Waals surface area contributed by atoms with E-state index in [-0.39, 0.29) is 35.9 Å². The number of sulfone groups is 1. The lowest BCUT2D eigenvalue weighted by Gasteiger charge is -2.21. The average molecular weight is 332 g/mol. The van der Waals surface area contributed by atoms with Crippen LogP contribution in [0.4, 0.5) is 5.13 Å². The summed E-state index contributed by atoms with van der Waals surface area (Å²) in [5, 5.41) is 12.0. The minimum atomic E-state index is -2.94. The van der Waals surface area contributed by atoms with Crippen molar-refractivity contribution >= 4 is 32.2 Å². The van der Waals surface area contributed by atoms with Crippen molar-refractivity contribution < 1.29 is 13.2 Å². The highest BCUT2D eigenvalue weighted by atomic mass is 32.2. The quantitative estimate of drug-likeness (QED) is 0.854. The van der Waals surface area contributed by atoms with Gasteiger partial charge in [-0.2, -0.15) is 0 Å². The van der Waals surface area contributed by atoms with E-state index in [2.05, 4.69) is 15.5 Å². The van der Waals surface area contributed by atoms with Crippen LogP contribution in [0.2, 0.25) is 0 Å². The molecule has 0 aromatic carbocycles. The number of amides is 1. The van der Waals surface area contributed by atoms with Crippen LogP contribution in [0.5, 0.6) is 0 Å². The molecule has 1 aliphatic rings. The highest BCUT2D eigenvalue weighted by Gasteiger charge is 2.31. The van der Waals surface area contributed by atoms with Crippen LogP contribution in [0.3, 0.4) is 0 Å². The number of likely N-dealkylation sites (N-methyl/N-ethyl adjacent to an activating group) is 1. The molecule has 1 atom stereocenters. The smallest absolute Gasteiger partial charge is 0.240 e. The van der Waals surface area contributed by atoms with E-state index >= 15 is 0 Å². The normalized spacial score (nSPS) is 21.1. The number of hydrogen-bond donors (Lipinski definition) is 1. The number of rotatable bonds is 5. The van der Waals surface area contributed by atoms with Gasteiger partial charge in [0.2, 0.25) is 11.0 Å². The van der Waals surface area contributed by atoms with E-state index in [0.29, 0.717) is 11.6 Å². The minimum absolute atomic E-state index is 0.0820. The van der Waals surface area contributed by atoms with Crippen LogP contribution in [-0.4, -0.2) is 60.6 Å². The molecule has 1 amide bonds. The summed E-state index contributed by atoms with van der Waals surface area (Å²) < 4.78 is 22.9. The Balaban J connectivity index is 1.86. The minimum Gasteiger partial charge on any atom is -0.299 e. The Labute approximate surface area is 128 Å². The number of nitrogens with one attached hydrogen (secondary N) is 1. The Hall–Kier alpha value is -1.06. The molecule has 1 fully saturated rings. The molecule has 2 heterocycles. The van der Waals surface area contributed by atoms with Crippen LogP contribution in [0.1, 0.15) is 31.2 Å². The van der Waals surface area contributed by atoms with E-state index in [4.69, 9.17) is 0 Å². The van der Waals surface area contributed by atoms with Crippen LogP contribution < -0.4 is 5.32 Å². The Bertz CT molecular complexity index is 612. The molecule has 1 aromatic rings. The fourth-order valence-electron chi connectivity index (χ4n) is 2.16. The van der Waals surface area contributed by atoms with E-state index < -0.39 is 9.84 Å². The lowest BCUT2D eigenvalue weighted by atomic mass is 10.2. The molecule has 0 bridgehead atoms. The summed E-state index contributed by atoms with van der Waals surface area (Å²) in [6.07, 6.45) is 0.586. The summed E-state index contributed by atoms with van der Waals surface area (Å²) >= 11 is 1.36. The Kier molecular flexibility index (Phi) is 4.95. The lowest BCUT2D eigenvalue weighted by Crippen LogP contribution is -2.38. The van der Waals surface area contributed by atoms with Crippen molar-refractivity contribution in [3.63, 3.8) is 0 Å². The first-order valence-electron chi connectivity index (χ1n) is 6.81. The van der Waals surface area contributed by atoms with Gasteiger partial charge in [-0.15, -0.1) is 10.2 Å². The van der Waals surface area contributed by atoms with Crippen molar-refractivity contribution in [2.24, 2.45) is 0 Å². The monoisotopic (exact) mass is 332 g/mol. The molecule has 1 N–H and O–H groups in total. The number of carbonyl (C=O) groups is 1. The number of anilines is 1. The standard InChI is InChI=1S/C12H20N4O3S2/c1-8(2)11-14-15-12(20-11)13-10(17)6-16(3)9-4-5-21(18,19)7-9/h8-9H,4-7H2,1-3H3,(H,13,15,17). The number of aromatic nitrogens is 2. The predicted molar refractivity (Wildman–Crippen MR) is 82.3 cm³/mol. The molecule has 0 spiro atoms. The van der Waals surface area contributed by atoms with Crippen LogP contribution in [-0.2, 0) is 14.6 Å². The summed E-state index contributed by atoms with van der Waals surface area (Å²) in [4.78, 5) is 13.7. The highest BCUT2D eigenvalue weighted by Crippen LogP contribution is 2.22. The fraction of sp³-hybridized carbons (Fsp3) is 0.750. The van der Waals surface area contributed by atoms with Crippen molar-refractivity contribution in [1.82, 2.24) is 15.1 Å². The zero-order chi connectivity index (χ0) is 15.6. The van der Waals surface area contributed by atoms with Crippen LogP contribution >= 0.6 is 11.3 Å². The zero-order valence-electron chi connectivity index (χ0n) is 12.4. The maximum atomic E-state index is 12.0. The second-order valence-electron chi connectivity index (χ2n) is 5.62. The lowest BCUT2D eigenvalue weighted by molar-refractivity contribution is -0.117. The number of hydrogen-bond acceptors (Lipinski definition) is 7. The van der Waals surface area contributed by atoms with E-state index in [0.717, 1.165) is 5.01 Å². The third kappa shape index (κ3) is 4.45. The number of nitrogens with zero attached hydrogens (tertiary/aromatic N) is 3. The summed E-state index contributed by atoms with van der Waals surface area (Å²) in [5.41, 5.74) is 0. The summed E-state index contributed by atoms with van der Waals surface area (Å²) in [5.74, 6) is 0.415. The van der Waals surface area contributed by atoms with Crippen molar-refractivity contribution in [3.8, 4) is 0 Å². The highest BCUT2D eigenvalue weighted by molar-refractivity contribution is 7.91. The molecule has 1 unspecified atom stereocenters. The van der Waals surface area contributed by atoms with Crippen molar-refractivity contribution in [3.05, 3.63) is 5.01 Å². The predicted octanol–water partition coefficient (Wildman–Crippen LogP) is 0.719. The maximum absolute atomic E-state index is 12.0. The molecule has 1 aliphatic heterocycles. The number of carbonyl (C=O) groups excluding carboxylic acids is 1. The van der Waals surface area contributed by atoms with E-state index in [1.165, 1.54) is 11.3 Å². The topological polar surface area (TPSA) is 92.3 Å². The van der Waals surface area contributed by atoms with Gasteiger partial charge in [0, 0.05) is 12.0 Å². The molecule has 0 aliphatic carbocycles. The molecule has 0 saturated carbocycles. The first-order valence-corrected chi connectivity index (χ1v) is 9.44. The molecule has 0 radical (unpaired) electrons. The molecule has 1 aromatic heterocycles. The first-order chi connectivity index (χ1) is 9.77. The molecule has 2 rings (SSSR count). The van der Waals surface area contributed by atoms with Gasteiger partial charge in [0.15, 0.2) is 9.84 Å². The van der Waals surface area contributed by atoms with Gasteiger partial charge in [0.25, 0.3) is 0 Å².